The van der Waals surface area contributed by atoms with Crippen molar-refractivity contribution in [3.8, 4) is 0 Å². The van der Waals surface area contributed by atoms with E-state index in [1.807, 2.05) is 79.8 Å². The lowest BCUT2D eigenvalue weighted by Crippen LogP contribution is -2.34. The van der Waals surface area contributed by atoms with E-state index in [0.717, 1.165) is 97.9 Å². The van der Waals surface area contributed by atoms with Gasteiger partial charge >= 0.3 is 0 Å². The van der Waals surface area contributed by atoms with Gasteiger partial charge in [0, 0.05) is 58.3 Å². The molecule has 0 bridgehead atoms. The van der Waals surface area contributed by atoms with Gasteiger partial charge in [-0.05, 0) is 183 Å². The second-order valence-electron chi connectivity index (χ2n) is 19.5. The first-order valence-electron chi connectivity index (χ1n) is 28.2. The molecule has 5 rings (SSSR count). The number of hydrogen-bond acceptors (Lipinski definition) is 11. The highest BCUT2D eigenvalue weighted by Crippen LogP contribution is 2.32. The van der Waals surface area contributed by atoms with E-state index in [1.165, 1.54) is 87.0 Å². The SMILES string of the molecule is C=C(/C=C(\C)CN1CCC(c2ccc(C(C)=O)cc2)CC1)/C(=C\C=NC)c1ccc2c(c1)CN(C)N2.CC.CC.CC/C=C(\N=C(C)C)NC(C=O)CCC(C)ONC.CCCC(CCC)CN1CCCCC1. The molecule has 0 aliphatic carbocycles. The summed E-state index contributed by atoms with van der Waals surface area (Å²) < 4.78 is 0. The number of rotatable bonds is 24. The number of fused-ring (bicyclic) bond motifs is 1. The third-order valence-corrected chi connectivity index (χ3v) is 12.9. The first kappa shape index (κ1) is 66.5. The molecule has 0 saturated carbocycles. The molecule has 410 valence electrons. The summed E-state index contributed by atoms with van der Waals surface area (Å²) in [6, 6.07) is 14.5. The lowest BCUT2D eigenvalue weighted by molar-refractivity contribution is -0.109. The molecular formula is C62H104N8O3. The molecule has 3 N–H and O–H groups in total. The molecule has 3 aliphatic heterocycles. The smallest absolute Gasteiger partial charge is 0.159 e. The number of carbonyl (C=O) groups excluding carboxylic acids is 2. The molecule has 2 fully saturated rings. The number of anilines is 1. The van der Waals surface area contributed by atoms with E-state index >= 15 is 0 Å². The first-order chi connectivity index (χ1) is 35.2. The summed E-state index contributed by atoms with van der Waals surface area (Å²) in [6.45, 7) is 36.9. The highest BCUT2D eigenvalue weighted by molar-refractivity contribution is 5.94. The Morgan fingerprint density at radius 1 is 0.877 bits per heavy atom. The Labute approximate surface area is 446 Å². The van der Waals surface area contributed by atoms with Gasteiger partial charge in [-0.15, -0.1) is 0 Å². The minimum atomic E-state index is -0.233. The highest BCUT2D eigenvalue weighted by atomic mass is 16.7. The number of ketones is 1. The summed E-state index contributed by atoms with van der Waals surface area (Å²) in [6.07, 6.45) is 23.7. The molecule has 2 aromatic carbocycles. The maximum atomic E-state index is 11.6. The Morgan fingerprint density at radius 3 is 2.05 bits per heavy atom. The number of nitrogens with one attached hydrogen (secondary N) is 3. The molecule has 11 heteroatoms. The molecule has 2 aromatic rings. The largest absolute Gasteiger partial charge is 0.361 e. The number of piperidine rings is 2. The number of Topliss-reactive ketones (excluding diaryl/α,β-unsaturated/α-hetero) is 1. The molecule has 0 radical (unpaired) electrons. The Morgan fingerprint density at radius 2 is 1.51 bits per heavy atom. The summed E-state index contributed by atoms with van der Waals surface area (Å²) in [5.41, 5.74) is 16.2. The average Bonchev–Trinajstić information content (AvgIpc) is 3.77. The van der Waals surface area contributed by atoms with Crippen molar-refractivity contribution in [1.29, 1.82) is 0 Å². The van der Waals surface area contributed by atoms with E-state index in [1.54, 1.807) is 21.0 Å². The van der Waals surface area contributed by atoms with E-state index < -0.39 is 0 Å². The summed E-state index contributed by atoms with van der Waals surface area (Å²) in [5, 5.41) is 5.25. The number of likely N-dealkylation sites (tertiary alicyclic amines) is 2. The van der Waals surface area contributed by atoms with Crippen molar-refractivity contribution >= 4 is 35.3 Å². The fourth-order valence-electron chi connectivity index (χ4n) is 9.49. The molecule has 2 atom stereocenters. The van der Waals surface area contributed by atoms with Crippen LogP contribution >= 0.6 is 0 Å². The molecule has 3 heterocycles. The normalized spacial score (nSPS) is 16.5. The number of hydroxylamine groups is 1. The minimum absolute atomic E-state index is 0.0734. The number of nitrogens with zero attached hydrogens (tertiary/aromatic N) is 5. The van der Waals surface area contributed by atoms with Crippen molar-refractivity contribution < 1.29 is 14.4 Å². The van der Waals surface area contributed by atoms with Crippen LogP contribution in [-0.2, 0) is 16.2 Å². The van der Waals surface area contributed by atoms with E-state index in [-0.39, 0.29) is 17.9 Å². The van der Waals surface area contributed by atoms with Crippen LogP contribution in [0.4, 0.5) is 5.69 Å². The molecule has 11 nitrogen and oxygen atoms in total. The van der Waals surface area contributed by atoms with Crippen molar-refractivity contribution in [3.05, 3.63) is 106 Å². The molecule has 2 unspecified atom stereocenters. The second kappa shape index (κ2) is 39.9. The van der Waals surface area contributed by atoms with Gasteiger partial charge in [-0.25, -0.2) is 15.5 Å². The van der Waals surface area contributed by atoms with Crippen LogP contribution in [0.2, 0.25) is 0 Å². The summed E-state index contributed by atoms with van der Waals surface area (Å²) in [7, 11) is 5.58. The summed E-state index contributed by atoms with van der Waals surface area (Å²) in [4.78, 5) is 41.7. The molecule has 0 amide bonds. The van der Waals surface area contributed by atoms with Crippen LogP contribution in [0, 0.1) is 5.92 Å². The second-order valence-corrected chi connectivity index (χ2v) is 19.5. The summed E-state index contributed by atoms with van der Waals surface area (Å²) in [5.74, 6) is 2.43. The van der Waals surface area contributed by atoms with Crippen LogP contribution in [0.25, 0.3) is 5.57 Å². The third-order valence-electron chi connectivity index (χ3n) is 12.9. The number of hydrogen-bond donors (Lipinski definition) is 3. The van der Waals surface area contributed by atoms with Gasteiger partial charge in [0.2, 0.25) is 0 Å². The molecular weight excluding hydrogens is 905 g/mol. The van der Waals surface area contributed by atoms with Crippen LogP contribution in [0.1, 0.15) is 193 Å². The molecule has 3 aliphatic rings. The molecule has 73 heavy (non-hydrogen) atoms. The maximum Gasteiger partial charge on any atom is 0.159 e. The Balaban J connectivity index is 0.000000603. The van der Waals surface area contributed by atoms with E-state index in [0.29, 0.717) is 12.3 Å². The monoisotopic (exact) mass is 1010 g/mol. The minimum Gasteiger partial charge on any atom is -0.361 e. The van der Waals surface area contributed by atoms with Crippen LogP contribution in [0.5, 0.6) is 0 Å². The van der Waals surface area contributed by atoms with Crippen molar-refractivity contribution in [2.75, 3.05) is 65.8 Å². The molecule has 0 spiro atoms. The lowest BCUT2D eigenvalue weighted by Gasteiger charge is -2.32. The van der Waals surface area contributed by atoms with Crippen LogP contribution in [0.15, 0.2) is 94.2 Å². The number of allylic oxidation sites excluding steroid dienone is 5. The fourth-order valence-corrected chi connectivity index (χ4v) is 9.49. The zero-order valence-electron chi connectivity index (χ0n) is 48.8. The zero-order chi connectivity index (χ0) is 54.6. The van der Waals surface area contributed by atoms with Crippen LogP contribution in [-0.4, -0.2) is 111 Å². The van der Waals surface area contributed by atoms with Gasteiger partial charge in [-0.2, -0.15) is 0 Å². The number of benzene rings is 2. The Bertz CT molecular complexity index is 1980. The van der Waals surface area contributed by atoms with E-state index in [9.17, 15) is 9.59 Å². The maximum absolute atomic E-state index is 11.6. The Hall–Kier alpha value is -4.52. The van der Waals surface area contributed by atoms with Crippen molar-refractivity contribution in [2.45, 2.75) is 185 Å². The van der Waals surface area contributed by atoms with E-state index in [4.69, 9.17) is 4.84 Å². The van der Waals surface area contributed by atoms with Gasteiger partial charge in [-0.3, -0.25) is 19.5 Å². The van der Waals surface area contributed by atoms with Crippen molar-refractivity contribution in [2.24, 2.45) is 15.9 Å². The average molecular weight is 1010 g/mol. The zero-order valence-corrected chi connectivity index (χ0v) is 48.8. The number of aldehydes is 1. The predicted octanol–water partition coefficient (Wildman–Crippen LogP) is 14.1. The number of aliphatic imine (C=N–C) groups is 2. The first-order valence-corrected chi connectivity index (χ1v) is 28.2. The lowest BCUT2D eigenvalue weighted by atomic mass is 9.88. The number of carbonyl (C=O) groups is 2. The summed E-state index contributed by atoms with van der Waals surface area (Å²) >= 11 is 0. The van der Waals surface area contributed by atoms with Crippen molar-refractivity contribution in [1.82, 2.24) is 25.6 Å². The van der Waals surface area contributed by atoms with Gasteiger partial charge < -0.3 is 20.4 Å². The standard InChI is InChI=1S/C31H38N4O.C14H27N3O2.C13H27N.2C2H6/c1-22(20-35-16-13-27(14-17-35)26-8-6-25(7-9-26)24(3)36)18-23(2)30(12-15-32-4)28-10-11-31-29(19-28)21-34(5)33-31;1-6-7-14(16-11(2)3)17-13(10-18)9-8-12(4)19-15-5;1-3-8-13(9-4-2)12-14-10-6-5-7-11-14;2*1-2/h6-12,15,18-19,27,33H,2,13-14,16-17,20-21H2,1,3-5H3;7,10,12-13,15,17H,6,8-9H2,1-5H3;13H,3-12H2,1-2H3;2*1-2H3/b22-18+,30-12+,32-15?;14-7+;;;. The van der Waals surface area contributed by atoms with Crippen LogP contribution in [0.3, 0.4) is 0 Å². The Kier molecular flexibility index (Phi) is 36.3. The number of hydrazine groups is 1. The third kappa shape index (κ3) is 27.0. The van der Waals surface area contributed by atoms with Gasteiger partial charge in [-0.1, -0.05) is 116 Å². The highest BCUT2D eigenvalue weighted by Gasteiger charge is 2.22. The van der Waals surface area contributed by atoms with Crippen molar-refractivity contribution in [3.63, 3.8) is 0 Å². The molecule has 0 aromatic heterocycles. The topological polar surface area (TPSA) is 114 Å². The van der Waals surface area contributed by atoms with Gasteiger partial charge in [0.05, 0.1) is 17.8 Å². The molecule has 2 saturated heterocycles. The van der Waals surface area contributed by atoms with E-state index in [2.05, 4.69) is 118 Å². The van der Waals surface area contributed by atoms with Gasteiger partial charge in [0.25, 0.3) is 0 Å². The van der Waals surface area contributed by atoms with Crippen LogP contribution < -0.4 is 16.2 Å². The van der Waals surface area contributed by atoms with Gasteiger partial charge in [0.1, 0.15) is 12.1 Å². The fraction of sp³-hybridized carbons (Fsp3) is 0.613. The quantitative estimate of drug-likeness (QED) is 0.0311. The van der Waals surface area contributed by atoms with Gasteiger partial charge in [0.15, 0.2) is 5.78 Å². The predicted molar refractivity (Wildman–Crippen MR) is 317 cm³/mol.